The summed E-state index contributed by atoms with van der Waals surface area (Å²) in [6.07, 6.45) is 3.04. The Balaban J connectivity index is 2.85. The van der Waals surface area contributed by atoms with E-state index in [1.807, 2.05) is 0 Å². The molecule has 1 rings (SSSR count). The average molecular weight is 144 g/mol. The summed E-state index contributed by atoms with van der Waals surface area (Å²) in [7, 11) is 2.41. The summed E-state index contributed by atoms with van der Waals surface area (Å²) in [5, 5.41) is 0. The van der Waals surface area contributed by atoms with Gasteiger partial charge in [0.15, 0.2) is 9.84 Å². The van der Waals surface area contributed by atoms with E-state index in [1.54, 1.807) is 0 Å². The maximum absolute atomic E-state index is 10.9. The van der Waals surface area contributed by atoms with Crippen LogP contribution >= 0.6 is 0 Å². The van der Waals surface area contributed by atoms with E-state index < -0.39 is 14.6 Å². The van der Waals surface area contributed by atoms with Crippen LogP contribution in [0.3, 0.4) is 0 Å². The fourth-order valence-electron chi connectivity index (χ4n) is 0.866. The van der Waals surface area contributed by atoms with Crippen LogP contribution in [0, 0.1) is 0 Å². The highest BCUT2D eigenvalue weighted by Gasteiger charge is 2.49. The van der Waals surface area contributed by atoms with Crippen LogP contribution in [0.1, 0.15) is 12.8 Å². The van der Waals surface area contributed by atoms with E-state index in [9.17, 15) is 8.42 Å². The molecule has 0 aromatic rings. The van der Waals surface area contributed by atoms with E-state index in [0.29, 0.717) is 0 Å². The van der Waals surface area contributed by atoms with Gasteiger partial charge in [-0.25, -0.2) is 8.42 Å². The van der Waals surface area contributed by atoms with E-state index in [4.69, 9.17) is 7.85 Å². The zero-order valence-corrected chi connectivity index (χ0v) is 6.24. The van der Waals surface area contributed by atoms with Crippen LogP contribution < -0.4 is 0 Å². The first kappa shape index (κ1) is 7.13. The van der Waals surface area contributed by atoms with Gasteiger partial charge in [-0.05, 0) is 12.8 Å². The number of hydrogen-bond donors (Lipinski definition) is 0. The summed E-state index contributed by atoms with van der Waals surface area (Å²) >= 11 is 0. The van der Waals surface area contributed by atoms with E-state index in [1.165, 1.54) is 6.26 Å². The summed E-state index contributed by atoms with van der Waals surface area (Å²) in [6, 6.07) is 0. The van der Waals surface area contributed by atoms with Crippen LogP contribution in [0.25, 0.3) is 0 Å². The average Bonchev–Trinajstić information content (AvgIpc) is 2.40. The Bertz CT molecular complexity index is 203. The summed E-state index contributed by atoms with van der Waals surface area (Å²) in [4.78, 5) is 0. The van der Waals surface area contributed by atoms with E-state index in [0.717, 1.165) is 12.8 Å². The van der Waals surface area contributed by atoms with Crippen molar-refractivity contribution in [2.45, 2.75) is 23.9 Å². The third-order valence-electron chi connectivity index (χ3n) is 1.97. The molecule has 0 spiro atoms. The summed E-state index contributed by atoms with van der Waals surface area (Å²) in [5.74, 6) is 0. The van der Waals surface area contributed by atoms with Crippen LogP contribution in [0.15, 0.2) is 0 Å². The Labute approximate surface area is 57.0 Å². The third-order valence-corrected chi connectivity index (χ3v) is 4.11. The zero-order valence-electron chi connectivity index (χ0n) is 5.42. The van der Waals surface area contributed by atoms with E-state index >= 15 is 0 Å². The Morgan fingerprint density at radius 3 is 2.00 bits per heavy atom. The monoisotopic (exact) mass is 144 g/mol. The van der Waals surface area contributed by atoms with Crippen molar-refractivity contribution in [2.75, 3.05) is 6.26 Å². The molecular weight excluding hydrogens is 135 g/mol. The highest BCUT2D eigenvalue weighted by Crippen LogP contribution is 2.45. The molecule has 0 aromatic carbocycles. The predicted octanol–water partition coefficient (Wildman–Crippen LogP) is 0.150. The molecule has 1 aliphatic rings. The number of sulfone groups is 1. The van der Waals surface area contributed by atoms with Gasteiger partial charge in [-0.2, -0.15) is 0 Å². The van der Waals surface area contributed by atoms with E-state index in [2.05, 4.69) is 0 Å². The van der Waals surface area contributed by atoms with Crippen LogP contribution in [0.2, 0.25) is 6.32 Å². The van der Waals surface area contributed by atoms with Crippen molar-refractivity contribution in [3.05, 3.63) is 0 Å². The van der Waals surface area contributed by atoms with Crippen LogP contribution in [-0.2, 0) is 9.84 Å². The minimum atomic E-state index is -2.87. The fraction of sp³-hybridized carbons (Fsp3) is 1.00. The van der Waals surface area contributed by atoms with Gasteiger partial charge in [-0.15, -0.1) is 0 Å². The Kier molecular flexibility index (Phi) is 1.39. The SMILES string of the molecule is [B]CC1(S(C)(=O)=O)CC1. The fourth-order valence-corrected chi connectivity index (χ4v) is 2.01. The second-order valence-electron chi connectivity index (χ2n) is 2.66. The van der Waals surface area contributed by atoms with Gasteiger partial charge in [0.1, 0.15) is 0 Å². The molecule has 2 nitrogen and oxygen atoms in total. The molecule has 0 saturated heterocycles. The molecule has 1 saturated carbocycles. The topological polar surface area (TPSA) is 34.1 Å². The molecule has 4 heteroatoms. The van der Waals surface area contributed by atoms with Crippen molar-refractivity contribution in [3.8, 4) is 0 Å². The van der Waals surface area contributed by atoms with Crippen molar-refractivity contribution in [2.24, 2.45) is 0 Å². The second kappa shape index (κ2) is 1.75. The highest BCUT2D eigenvalue weighted by molar-refractivity contribution is 7.92. The van der Waals surface area contributed by atoms with Crippen molar-refractivity contribution < 1.29 is 8.42 Å². The predicted molar refractivity (Wildman–Crippen MR) is 37.4 cm³/mol. The van der Waals surface area contributed by atoms with Gasteiger partial charge in [0.2, 0.25) is 0 Å². The molecule has 50 valence electrons. The Morgan fingerprint density at radius 2 is 2.00 bits per heavy atom. The zero-order chi connectivity index (χ0) is 7.12. The van der Waals surface area contributed by atoms with Crippen LogP contribution in [0.5, 0.6) is 0 Å². The van der Waals surface area contributed by atoms with Gasteiger partial charge in [0.05, 0.1) is 12.6 Å². The maximum Gasteiger partial charge on any atom is 0.152 e. The molecule has 2 radical (unpaired) electrons. The van der Waals surface area contributed by atoms with Crippen molar-refractivity contribution in [1.82, 2.24) is 0 Å². The van der Waals surface area contributed by atoms with Gasteiger partial charge in [-0.3, -0.25) is 0 Å². The van der Waals surface area contributed by atoms with Crippen molar-refractivity contribution in [1.29, 1.82) is 0 Å². The standard InChI is InChI=1S/C5H9BO2S/c1-9(7,8)5(4-6)2-3-5/h2-4H2,1H3. The Morgan fingerprint density at radius 1 is 1.56 bits per heavy atom. The molecule has 0 atom stereocenters. The largest absolute Gasteiger partial charge is 0.229 e. The molecule has 0 heterocycles. The van der Waals surface area contributed by atoms with Crippen LogP contribution in [0.4, 0.5) is 0 Å². The van der Waals surface area contributed by atoms with E-state index in [-0.39, 0.29) is 6.32 Å². The first-order valence-electron chi connectivity index (χ1n) is 2.91. The number of rotatable bonds is 2. The van der Waals surface area contributed by atoms with Gasteiger partial charge < -0.3 is 0 Å². The Hall–Kier alpha value is 0.0149. The van der Waals surface area contributed by atoms with Gasteiger partial charge in [-0.1, -0.05) is 6.32 Å². The molecular formula is C5H9BO2S. The van der Waals surface area contributed by atoms with Crippen molar-refractivity contribution in [3.63, 3.8) is 0 Å². The summed E-state index contributed by atoms with van der Waals surface area (Å²) in [5.41, 5.74) is 0. The second-order valence-corrected chi connectivity index (χ2v) is 5.07. The first-order valence-corrected chi connectivity index (χ1v) is 4.81. The minimum Gasteiger partial charge on any atom is -0.229 e. The lowest BCUT2D eigenvalue weighted by Crippen LogP contribution is -2.20. The molecule has 0 amide bonds. The molecule has 0 bridgehead atoms. The maximum atomic E-state index is 10.9. The van der Waals surface area contributed by atoms with Gasteiger partial charge in [0.25, 0.3) is 0 Å². The molecule has 0 aromatic heterocycles. The normalized spacial score (nSPS) is 23.7. The first-order chi connectivity index (χ1) is 4.02. The smallest absolute Gasteiger partial charge is 0.152 e. The lowest BCUT2D eigenvalue weighted by Gasteiger charge is -2.07. The molecule has 0 N–H and O–H groups in total. The lowest BCUT2D eigenvalue weighted by molar-refractivity contribution is 0.588. The van der Waals surface area contributed by atoms with Gasteiger partial charge in [0, 0.05) is 6.26 Å². The third kappa shape index (κ3) is 1.00. The summed E-state index contributed by atoms with van der Waals surface area (Å²) in [6.45, 7) is 0. The number of hydrogen-bond acceptors (Lipinski definition) is 2. The molecule has 0 aliphatic heterocycles. The molecule has 9 heavy (non-hydrogen) atoms. The molecule has 1 fully saturated rings. The van der Waals surface area contributed by atoms with Crippen LogP contribution in [-0.4, -0.2) is 27.3 Å². The molecule has 0 unspecified atom stereocenters. The quantitative estimate of drug-likeness (QED) is 0.517. The summed E-state index contributed by atoms with van der Waals surface area (Å²) < 4.78 is 21.2. The molecule has 1 aliphatic carbocycles. The highest BCUT2D eigenvalue weighted by atomic mass is 32.2. The minimum absolute atomic E-state index is 0.284. The van der Waals surface area contributed by atoms with Crippen molar-refractivity contribution >= 4 is 17.7 Å². The lowest BCUT2D eigenvalue weighted by atomic mass is 10.0. The van der Waals surface area contributed by atoms with Gasteiger partial charge >= 0.3 is 0 Å².